The highest BCUT2D eigenvalue weighted by Crippen LogP contribution is 2.07. The number of hydrogen-bond donors (Lipinski definition) is 0. The maximum Gasteiger partial charge on any atom is 0.216 e. The van der Waals surface area contributed by atoms with Gasteiger partial charge in [-0.2, -0.15) is 0 Å². The standard InChI is InChI=1S/C7H9ClN2O/c1-2-11-7-3-6(4-8)9-5-10-7/h3,5H,2,4H2,1H3. The molecule has 0 saturated heterocycles. The molecule has 0 atom stereocenters. The maximum atomic E-state index is 5.55. The highest BCUT2D eigenvalue weighted by Gasteiger charge is 1.95. The number of hydrogen-bond acceptors (Lipinski definition) is 3. The molecule has 0 fully saturated rings. The van der Waals surface area contributed by atoms with Crippen molar-refractivity contribution in [2.45, 2.75) is 12.8 Å². The van der Waals surface area contributed by atoms with Crippen LogP contribution in [0.15, 0.2) is 12.4 Å². The van der Waals surface area contributed by atoms with Crippen LogP contribution >= 0.6 is 11.6 Å². The molecule has 3 nitrogen and oxygen atoms in total. The van der Waals surface area contributed by atoms with E-state index in [9.17, 15) is 0 Å². The normalized spacial score (nSPS) is 9.64. The van der Waals surface area contributed by atoms with E-state index in [2.05, 4.69) is 9.97 Å². The van der Waals surface area contributed by atoms with Gasteiger partial charge in [-0.05, 0) is 6.92 Å². The SMILES string of the molecule is CCOc1cc(CCl)ncn1. The van der Waals surface area contributed by atoms with Gasteiger partial charge in [-0.1, -0.05) is 0 Å². The van der Waals surface area contributed by atoms with Crippen LogP contribution in [0.4, 0.5) is 0 Å². The van der Waals surface area contributed by atoms with E-state index < -0.39 is 0 Å². The lowest BCUT2D eigenvalue weighted by molar-refractivity contribution is 0.325. The molecule has 4 heteroatoms. The van der Waals surface area contributed by atoms with Gasteiger partial charge in [-0.15, -0.1) is 11.6 Å². The zero-order chi connectivity index (χ0) is 8.10. The van der Waals surface area contributed by atoms with Gasteiger partial charge < -0.3 is 4.74 Å². The largest absolute Gasteiger partial charge is 0.478 e. The van der Waals surface area contributed by atoms with Gasteiger partial charge in [0.2, 0.25) is 5.88 Å². The van der Waals surface area contributed by atoms with E-state index in [4.69, 9.17) is 16.3 Å². The maximum absolute atomic E-state index is 5.55. The van der Waals surface area contributed by atoms with E-state index in [1.807, 2.05) is 6.92 Å². The molecule has 0 aliphatic heterocycles. The van der Waals surface area contributed by atoms with Crippen molar-refractivity contribution in [3.8, 4) is 5.88 Å². The molecule has 1 rings (SSSR count). The Balaban J connectivity index is 2.74. The molecule has 0 spiro atoms. The minimum atomic E-state index is 0.391. The van der Waals surface area contributed by atoms with Crippen LogP contribution in [0.1, 0.15) is 12.6 Å². The lowest BCUT2D eigenvalue weighted by Gasteiger charge is -2.00. The second-order valence-corrected chi connectivity index (χ2v) is 2.18. The van der Waals surface area contributed by atoms with Crippen molar-refractivity contribution in [1.82, 2.24) is 9.97 Å². The molecule has 0 N–H and O–H groups in total. The van der Waals surface area contributed by atoms with Gasteiger partial charge in [-0.3, -0.25) is 0 Å². The van der Waals surface area contributed by atoms with Gasteiger partial charge in [0.1, 0.15) is 6.33 Å². The summed E-state index contributed by atoms with van der Waals surface area (Å²) in [4.78, 5) is 7.80. The predicted molar refractivity (Wildman–Crippen MR) is 42.8 cm³/mol. The molecule has 0 aromatic carbocycles. The third kappa shape index (κ3) is 2.35. The van der Waals surface area contributed by atoms with Gasteiger partial charge in [0.05, 0.1) is 18.2 Å². The Morgan fingerprint density at radius 1 is 1.55 bits per heavy atom. The van der Waals surface area contributed by atoms with E-state index in [-0.39, 0.29) is 0 Å². The first-order valence-electron chi connectivity index (χ1n) is 3.36. The topological polar surface area (TPSA) is 35.0 Å². The molecule has 11 heavy (non-hydrogen) atoms. The number of ether oxygens (including phenoxy) is 1. The molecule has 60 valence electrons. The molecule has 0 bridgehead atoms. The Morgan fingerprint density at radius 3 is 3.00 bits per heavy atom. The molecule has 1 heterocycles. The van der Waals surface area contributed by atoms with Gasteiger partial charge in [-0.25, -0.2) is 9.97 Å². The zero-order valence-corrected chi connectivity index (χ0v) is 7.01. The van der Waals surface area contributed by atoms with Crippen molar-refractivity contribution in [3.05, 3.63) is 18.1 Å². The fraction of sp³-hybridized carbons (Fsp3) is 0.429. The summed E-state index contributed by atoms with van der Waals surface area (Å²) in [6.45, 7) is 2.52. The molecule has 0 aliphatic rings. The average Bonchev–Trinajstić information content (AvgIpc) is 2.06. The molecule has 0 radical (unpaired) electrons. The van der Waals surface area contributed by atoms with Crippen molar-refractivity contribution in [2.24, 2.45) is 0 Å². The van der Waals surface area contributed by atoms with Crippen molar-refractivity contribution in [2.75, 3.05) is 6.61 Å². The first-order valence-corrected chi connectivity index (χ1v) is 3.90. The van der Waals surface area contributed by atoms with Crippen LogP contribution in [-0.4, -0.2) is 16.6 Å². The number of alkyl halides is 1. The minimum absolute atomic E-state index is 0.391. The molecule has 0 saturated carbocycles. The van der Waals surface area contributed by atoms with Crippen molar-refractivity contribution < 1.29 is 4.74 Å². The lowest BCUT2D eigenvalue weighted by atomic mass is 10.4. The zero-order valence-electron chi connectivity index (χ0n) is 6.25. The number of rotatable bonds is 3. The van der Waals surface area contributed by atoms with Crippen molar-refractivity contribution in [3.63, 3.8) is 0 Å². The minimum Gasteiger partial charge on any atom is -0.478 e. The fourth-order valence-corrected chi connectivity index (χ4v) is 0.823. The lowest BCUT2D eigenvalue weighted by Crippen LogP contribution is -1.96. The number of nitrogens with zero attached hydrogens (tertiary/aromatic N) is 2. The molecule has 1 aromatic rings. The molecule has 1 aromatic heterocycles. The fourth-order valence-electron chi connectivity index (χ4n) is 0.677. The molecule has 0 unspecified atom stereocenters. The van der Waals surface area contributed by atoms with Gasteiger partial charge in [0.15, 0.2) is 0 Å². The summed E-state index contributed by atoms with van der Waals surface area (Å²) in [6, 6.07) is 1.73. The highest BCUT2D eigenvalue weighted by molar-refractivity contribution is 6.16. The summed E-state index contributed by atoms with van der Waals surface area (Å²) in [5.41, 5.74) is 0.783. The molecule has 0 aliphatic carbocycles. The van der Waals surface area contributed by atoms with E-state index in [1.165, 1.54) is 6.33 Å². The average molecular weight is 173 g/mol. The van der Waals surface area contributed by atoms with Gasteiger partial charge >= 0.3 is 0 Å². The van der Waals surface area contributed by atoms with Crippen molar-refractivity contribution >= 4 is 11.6 Å². The first kappa shape index (κ1) is 8.27. The van der Waals surface area contributed by atoms with Gasteiger partial charge in [0.25, 0.3) is 0 Å². The van der Waals surface area contributed by atoms with E-state index in [1.54, 1.807) is 6.07 Å². The van der Waals surface area contributed by atoms with Crippen molar-refractivity contribution in [1.29, 1.82) is 0 Å². The first-order chi connectivity index (χ1) is 5.36. The Labute approximate surface area is 70.4 Å². The molecular formula is C7H9ClN2O. The number of aromatic nitrogens is 2. The molecule has 0 amide bonds. The third-order valence-electron chi connectivity index (χ3n) is 1.13. The number of halogens is 1. The van der Waals surface area contributed by atoms with Crippen LogP contribution in [0.5, 0.6) is 5.88 Å². The summed E-state index contributed by atoms with van der Waals surface area (Å²) < 4.78 is 5.14. The van der Waals surface area contributed by atoms with Crippen LogP contribution in [0.3, 0.4) is 0 Å². The van der Waals surface area contributed by atoms with Crippen LogP contribution in [0.2, 0.25) is 0 Å². The van der Waals surface area contributed by atoms with Gasteiger partial charge in [0, 0.05) is 6.07 Å². The van der Waals surface area contributed by atoms with Crippen LogP contribution < -0.4 is 4.74 Å². The third-order valence-corrected chi connectivity index (χ3v) is 1.40. The predicted octanol–water partition coefficient (Wildman–Crippen LogP) is 1.61. The smallest absolute Gasteiger partial charge is 0.216 e. The highest BCUT2D eigenvalue weighted by atomic mass is 35.5. The summed E-state index contributed by atoms with van der Waals surface area (Å²) in [6.07, 6.45) is 1.45. The van der Waals surface area contributed by atoms with E-state index in [0.717, 1.165) is 5.69 Å². The Hall–Kier alpha value is -0.830. The second kappa shape index (κ2) is 4.13. The van der Waals surface area contributed by atoms with Crippen LogP contribution in [-0.2, 0) is 5.88 Å². The monoisotopic (exact) mass is 172 g/mol. The van der Waals surface area contributed by atoms with Crippen LogP contribution in [0, 0.1) is 0 Å². The summed E-state index contributed by atoms with van der Waals surface area (Å²) in [7, 11) is 0. The second-order valence-electron chi connectivity index (χ2n) is 1.91. The molecular weight excluding hydrogens is 164 g/mol. The summed E-state index contributed by atoms with van der Waals surface area (Å²) in [5, 5.41) is 0. The summed E-state index contributed by atoms with van der Waals surface area (Å²) >= 11 is 5.55. The van der Waals surface area contributed by atoms with Crippen LogP contribution in [0.25, 0.3) is 0 Å². The Bertz CT molecular complexity index is 229. The Morgan fingerprint density at radius 2 is 2.36 bits per heavy atom. The Kier molecular flexibility index (Phi) is 3.11. The van der Waals surface area contributed by atoms with E-state index in [0.29, 0.717) is 18.4 Å². The quantitative estimate of drug-likeness (QED) is 0.650. The van der Waals surface area contributed by atoms with E-state index >= 15 is 0 Å². The summed E-state index contributed by atoms with van der Waals surface area (Å²) in [5.74, 6) is 0.973.